The molecule has 0 saturated carbocycles. The lowest BCUT2D eigenvalue weighted by atomic mass is 10.1. The van der Waals surface area contributed by atoms with Gasteiger partial charge in [-0.2, -0.15) is 0 Å². The Morgan fingerprint density at radius 2 is 1.74 bits per heavy atom. The highest BCUT2D eigenvalue weighted by molar-refractivity contribution is 14.1. The van der Waals surface area contributed by atoms with Gasteiger partial charge in [-0.1, -0.05) is 6.07 Å². The Morgan fingerprint density at radius 1 is 1.13 bits per heavy atom. The highest BCUT2D eigenvalue weighted by atomic mass is 127. The fraction of sp³-hybridized carbons (Fsp3) is 0.133. The van der Waals surface area contributed by atoms with Crippen LogP contribution in [0.3, 0.4) is 0 Å². The molecular formula is C15H12I3NO4. The summed E-state index contributed by atoms with van der Waals surface area (Å²) in [4.78, 5) is 10.8. The molecule has 2 rings (SSSR count). The first-order valence-electron chi connectivity index (χ1n) is 6.40. The van der Waals surface area contributed by atoms with Crippen LogP contribution in [-0.2, 0) is 11.2 Å². The molecule has 2 aromatic rings. The van der Waals surface area contributed by atoms with Crippen LogP contribution in [0.15, 0.2) is 30.3 Å². The third-order valence-electron chi connectivity index (χ3n) is 2.99. The van der Waals surface area contributed by atoms with E-state index < -0.39 is 12.0 Å². The van der Waals surface area contributed by atoms with Gasteiger partial charge in [-0.15, -0.1) is 0 Å². The minimum Gasteiger partial charge on any atom is -0.506 e. The Hall–Kier alpha value is -0.340. The molecule has 0 saturated heterocycles. The van der Waals surface area contributed by atoms with Gasteiger partial charge in [-0.05, 0) is 104 Å². The normalized spacial score (nSPS) is 12.0. The predicted octanol–water partition coefficient (Wildman–Crippen LogP) is 3.95. The maximum absolute atomic E-state index is 10.8. The summed E-state index contributed by atoms with van der Waals surface area (Å²) >= 11 is 6.23. The molecule has 0 amide bonds. The van der Waals surface area contributed by atoms with Crippen LogP contribution < -0.4 is 10.5 Å². The maximum atomic E-state index is 10.8. The summed E-state index contributed by atoms with van der Waals surface area (Å²) in [6.45, 7) is 0. The zero-order chi connectivity index (χ0) is 17.1. The van der Waals surface area contributed by atoms with E-state index in [2.05, 4.69) is 22.6 Å². The van der Waals surface area contributed by atoms with Crippen molar-refractivity contribution < 1.29 is 19.7 Å². The van der Waals surface area contributed by atoms with Crippen molar-refractivity contribution in [1.82, 2.24) is 0 Å². The van der Waals surface area contributed by atoms with E-state index in [0.717, 1.165) is 9.13 Å². The number of aromatic hydroxyl groups is 1. The predicted molar refractivity (Wildman–Crippen MR) is 112 cm³/mol. The third kappa shape index (κ3) is 5.06. The molecule has 5 nitrogen and oxygen atoms in total. The van der Waals surface area contributed by atoms with E-state index in [9.17, 15) is 9.90 Å². The van der Waals surface area contributed by atoms with Crippen LogP contribution in [0, 0.1) is 10.7 Å². The van der Waals surface area contributed by atoms with Crippen molar-refractivity contribution in [2.24, 2.45) is 5.73 Å². The summed E-state index contributed by atoms with van der Waals surface area (Å²) in [7, 11) is 0. The number of rotatable bonds is 5. The number of aliphatic carboxylic acids is 1. The second-order valence-electron chi connectivity index (χ2n) is 4.75. The van der Waals surface area contributed by atoms with Gasteiger partial charge in [0, 0.05) is 0 Å². The molecule has 0 spiro atoms. The molecule has 1 atom stereocenters. The number of ether oxygens (including phenoxy) is 1. The highest BCUT2D eigenvalue weighted by Gasteiger charge is 2.14. The molecule has 0 aliphatic heterocycles. The Morgan fingerprint density at radius 3 is 2.26 bits per heavy atom. The molecule has 23 heavy (non-hydrogen) atoms. The molecule has 8 heteroatoms. The molecule has 0 aromatic heterocycles. The standard InChI is InChI=1S/C15H12I3NO4/c16-9-3-7(4-12(19)15(21)22)1-2-13(9)23-8-5-10(17)14(20)11(18)6-8/h1-3,5-6,12,20H,4,19H2,(H,21,22)/i5+1,6+1,8+1,10+1,11+1,14+1. The van der Waals surface area contributed by atoms with Crippen molar-refractivity contribution in [3.8, 4) is 17.2 Å². The molecule has 0 radical (unpaired) electrons. The van der Waals surface area contributed by atoms with Gasteiger partial charge in [0.25, 0.3) is 0 Å². The molecule has 4 N–H and O–H groups in total. The molecular weight excluding hydrogens is 645 g/mol. The van der Waals surface area contributed by atoms with Gasteiger partial charge in [-0.25, -0.2) is 0 Å². The summed E-state index contributed by atoms with van der Waals surface area (Å²) < 4.78 is 8.14. The minimum atomic E-state index is -1.02. The lowest BCUT2D eigenvalue weighted by molar-refractivity contribution is -0.138. The van der Waals surface area contributed by atoms with E-state index in [0.29, 0.717) is 18.6 Å². The van der Waals surface area contributed by atoms with Gasteiger partial charge in [0.1, 0.15) is 23.3 Å². The fourth-order valence-electron chi connectivity index (χ4n) is 1.82. The Bertz CT molecular complexity index is 728. The number of halogens is 3. The number of carboxylic acid groups (broad SMARTS) is 1. The van der Waals surface area contributed by atoms with Crippen LogP contribution >= 0.6 is 67.8 Å². The van der Waals surface area contributed by atoms with Crippen LogP contribution in [0.4, 0.5) is 0 Å². The van der Waals surface area contributed by atoms with E-state index >= 15 is 0 Å². The van der Waals surface area contributed by atoms with Gasteiger partial charge in [0.2, 0.25) is 0 Å². The van der Waals surface area contributed by atoms with Gasteiger partial charge < -0.3 is 20.7 Å². The molecule has 2 aromatic carbocycles. The SMILES string of the molecule is NC(Cc1ccc(O[13c]2[13cH][13c](I)[13c](O)[13c](I)[13cH]2)c(I)c1)C(=O)O. The number of benzene rings is 2. The van der Waals surface area contributed by atoms with Gasteiger partial charge >= 0.3 is 5.97 Å². The first-order valence-corrected chi connectivity index (χ1v) is 9.64. The smallest absolute Gasteiger partial charge is 0.320 e. The summed E-state index contributed by atoms with van der Waals surface area (Å²) in [5.74, 6) is 0.514. The number of phenolic OH excluding ortho intramolecular Hbond substituents is 1. The second kappa shape index (κ2) is 8.16. The van der Waals surface area contributed by atoms with Crippen LogP contribution in [0.2, 0.25) is 0 Å². The van der Waals surface area contributed by atoms with Crippen molar-refractivity contribution in [3.63, 3.8) is 0 Å². The zero-order valence-electron chi connectivity index (χ0n) is 11.6. The number of carboxylic acids is 1. The van der Waals surface area contributed by atoms with Crippen LogP contribution in [-0.4, -0.2) is 22.2 Å². The Kier molecular flexibility index (Phi) is 6.74. The average Bonchev–Trinajstić information content (AvgIpc) is 2.47. The lowest BCUT2D eigenvalue weighted by Crippen LogP contribution is -2.32. The first-order chi connectivity index (χ1) is 10.8. The van der Waals surface area contributed by atoms with Crippen molar-refractivity contribution in [3.05, 3.63) is 46.6 Å². The average molecular weight is 657 g/mol. The van der Waals surface area contributed by atoms with Crippen LogP contribution in [0.1, 0.15) is 5.56 Å². The van der Waals surface area contributed by atoms with Crippen LogP contribution in [0.5, 0.6) is 17.2 Å². The fourth-order valence-corrected chi connectivity index (χ4v) is 4.22. The number of hydrogen-bond donors (Lipinski definition) is 3. The molecule has 0 heterocycles. The number of hydrogen-bond acceptors (Lipinski definition) is 4. The van der Waals surface area contributed by atoms with Crippen molar-refractivity contribution in [1.29, 1.82) is 0 Å². The molecule has 1 unspecified atom stereocenters. The van der Waals surface area contributed by atoms with E-state index in [-0.39, 0.29) is 12.2 Å². The quantitative estimate of drug-likeness (QED) is 0.424. The third-order valence-corrected chi connectivity index (χ3v) is 5.47. The summed E-state index contributed by atoms with van der Waals surface area (Å²) in [6.07, 6.45) is 0.265. The zero-order valence-corrected chi connectivity index (χ0v) is 18.1. The number of phenols is 1. The van der Waals surface area contributed by atoms with Crippen molar-refractivity contribution in [2.75, 3.05) is 0 Å². The van der Waals surface area contributed by atoms with E-state index in [1.165, 1.54) is 0 Å². The maximum Gasteiger partial charge on any atom is 0.320 e. The summed E-state index contributed by atoms with van der Waals surface area (Å²) in [5, 5.41) is 18.6. The van der Waals surface area contributed by atoms with Crippen LogP contribution in [0.25, 0.3) is 0 Å². The number of nitrogens with two attached hydrogens (primary N) is 1. The first kappa shape index (κ1) is 19.0. The summed E-state index contributed by atoms with van der Waals surface area (Å²) in [5.41, 5.74) is 6.39. The molecule has 0 bridgehead atoms. The van der Waals surface area contributed by atoms with Gasteiger partial charge in [-0.3, -0.25) is 4.79 Å². The second-order valence-corrected chi connectivity index (χ2v) is 8.24. The highest BCUT2D eigenvalue weighted by Crippen LogP contribution is 2.34. The van der Waals surface area contributed by atoms with Gasteiger partial charge in [0.05, 0.1) is 10.7 Å². The van der Waals surface area contributed by atoms with Crippen molar-refractivity contribution >= 4 is 73.7 Å². The monoisotopic (exact) mass is 657 g/mol. The Labute approximate surface area is 174 Å². The molecule has 0 aliphatic carbocycles. The molecule has 0 aliphatic rings. The Balaban J connectivity index is 2.20. The van der Waals surface area contributed by atoms with Gasteiger partial charge in [0.15, 0.2) is 0 Å². The largest absolute Gasteiger partial charge is 0.506 e. The minimum absolute atomic E-state index is 0.242. The van der Waals surface area contributed by atoms with E-state index in [4.69, 9.17) is 15.6 Å². The van der Waals surface area contributed by atoms with Crippen molar-refractivity contribution in [2.45, 2.75) is 12.5 Å². The molecule has 122 valence electrons. The van der Waals surface area contributed by atoms with E-state index in [1.807, 2.05) is 51.2 Å². The number of carbonyl (C=O) groups is 1. The topological polar surface area (TPSA) is 92.8 Å². The summed E-state index contributed by atoms with van der Waals surface area (Å²) in [6, 6.07) is 8.03. The molecule has 0 fully saturated rings. The van der Waals surface area contributed by atoms with E-state index in [1.54, 1.807) is 24.3 Å². The lowest BCUT2D eigenvalue weighted by Gasteiger charge is -2.12.